The number of alkyl halides is 1. The first-order valence-electron chi connectivity index (χ1n) is 3.43. The Morgan fingerprint density at radius 2 is 2.10 bits per heavy atom. The van der Waals surface area contributed by atoms with Crippen LogP contribution in [0.2, 0.25) is 0 Å². The molecule has 0 saturated carbocycles. The van der Waals surface area contributed by atoms with Gasteiger partial charge in [0.1, 0.15) is 0 Å². The van der Waals surface area contributed by atoms with E-state index in [9.17, 15) is 4.79 Å². The van der Waals surface area contributed by atoms with Crippen LogP contribution in [0.3, 0.4) is 0 Å². The van der Waals surface area contributed by atoms with Crippen molar-refractivity contribution in [3.63, 3.8) is 0 Å². The van der Waals surface area contributed by atoms with Crippen molar-refractivity contribution in [1.29, 1.82) is 0 Å². The van der Waals surface area contributed by atoms with E-state index in [0.717, 1.165) is 19.3 Å². The van der Waals surface area contributed by atoms with Crippen molar-refractivity contribution < 1.29 is 4.79 Å². The van der Waals surface area contributed by atoms with Crippen molar-refractivity contribution in [3.05, 3.63) is 12.2 Å². The van der Waals surface area contributed by atoms with Crippen molar-refractivity contribution in [3.8, 4) is 0 Å². The van der Waals surface area contributed by atoms with E-state index in [2.05, 4.69) is 6.58 Å². The minimum atomic E-state index is 0.0922. The van der Waals surface area contributed by atoms with Gasteiger partial charge in [-0.1, -0.05) is 6.58 Å². The highest BCUT2D eigenvalue weighted by molar-refractivity contribution is 6.17. The molecule has 0 unspecified atom stereocenters. The van der Waals surface area contributed by atoms with Crippen LogP contribution in [0.25, 0.3) is 0 Å². The van der Waals surface area contributed by atoms with Crippen molar-refractivity contribution in [2.24, 2.45) is 0 Å². The van der Waals surface area contributed by atoms with Gasteiger partial charge in [0.25, 0.3) is 0 Å². The van der Waals surface area contributed by atoms with Gasteiger partial charge in [0.2, 0.25) is 0 Å². The quantitative estimate of drug-likeness (QED) is 0.343. The predicted molar refractivity (Wildman–Crippen MR) is 44.4 cm³/mol. The Morgan fingerprint density at radius 3 is 2.50 bits per heavy atom. The lowest BCUT2D eigenvalue weighted by molar-refractivity contribution is -0.113. The molecule has 0 aromatic rings. The molecule has 1 nitrogen and oxygen atoms in total. The Morgan fingerprint density at radius 1 is 1.50 bits per heavy atom. The predicted octanol–water partition coefficient (Wildman–Crippen LogP) is 2.54. The fourth-order valence-corrected chi connectivity index (χ4v) is 0.798. The van der Waals surface area contributed by atoms with E-state index in [1.165, 1.54) is 0 Å². The lowest BCUT2D eigenvalue weighted by atomic mass is 10.1. The zero-order chi connectivity index (χ0) is 7.98. The summed E-state index contributed by atoms with van der Waals surface area (Å²) in [7, 11) is 0. The van der Waals surface area contributed by atoms with Crippen LogP contribution in [0, 0.1) is 0 Å². The number of halogens is 1. The van der Waals surface area contributed by atoms with E-state index in [1.54, 1.807) is 6.92 Å². The summed E-state index contributed by atoms with van der Waals surface area (Å²) < 4.78 is 0. The molecule has 0 aliphatic carbocycles. The molecule has 0 fully saturated rings. The summed E-state index contributed by atoms with van der Waals surface area (Å²) in [5.41, 5.74) is 0.713. The molecule has 0 spiro atoms. The van der Waals surface area contributed by atoms with Crippen LogP contribution in [0.5, 0.6) is 0 Å². The van der Waals surface area contributed by atoms with Gasteiger partial charge < -0.3 is 0 Å². The molecule has 0 heterocycles. The zero-order valence-electron chi connectivity index (χ0n) is 6.32. The molecular formula is C8H13ClO. The van der Waals surface area contributed by atoms with Gasteiger partial charge >= 0.3 is 0 Å². The summed E-state index contributed by atoms with van der Waals surface area (Å²) in [4.78, 5) is 10.6. The standard InChI is InChI=1S/C8H13ClO/c1-7(8(2)10)5-3-4-6-9/h1,3-6H2,2H3. The monoisotopic (exact) mass is 160 g/mol. The molecule has 0 saturated heterocycles. The average molecular weight is 161 g/mol. The Balaban J connectivity index is 3.31. The van der Waals surface area contributed by atoms with Crippen molar-refractivity contribution in [1.82, 2.24) is 0 Å². The highest BCUT2D eigenvalue weighted by Gasteiger charge is 1.98. The van der Waals surface area contributed by atoms with Crippen LogP contribution in [-0.2, 0) is 4.79 Å². The number of rotatable bonds is 5. The van der Waals surface area contributed by atoms with Crippen LogP contribution < -0.4 is 0 Å². The number of carbonyl (C=O) groups is 1. The lowest BCUT2D eigenvalue weighted by Gasteiger charge is -1.97. The van der Waals surface area contributed by atoms with Gasteiger partial charge in [-0.15, -0.1) is 11.6 Å². The molecule has 0 radical (unpaired) electrons. The van der Waals surface area contributed by atoms with Gasteiger partial charge in [-0.25, -0.2) is 0 Å². The van der Waals surface area contributed by atoms with Crippen molar-refractivity contribution >= 4 is 17.4 Å². The first-order valence-corrected chi connectivity index (χ1v) is 3.96. The molecule has 2 heteroatoms. The highest BCUT2D eigenvalue weighted by Crippen LogP contribution is 2.06. The molecule has 0 rings (SSSR count). The van der Waals surface area contributed by atoms with E-state index in [1.807, 2.05) is 0 Å². The molecule has 0 amide bonds. The molecular weight excluding hydrogens is 148 g/mol. The van der Waals surface area contributed by atoms with Crippen LogP contribution in [-0.4, -0.2) is 11.7 Å². The lowest BCUT2D eigenvalue weighted by Crippen LogP contribution is -1.94. The SMILES string of the molecule is C=C(CCCCCl)C(C)=O. The second-order valence-corrected chi connectivity index (χ2v) is 2.68. The first kappa shape index (κ1) is 9.70. The Bertz CT molecular complexity index is 129. The summed E-state index contributed by atoms with van der Waals surface area (Å²) in [6, 6.07) is 0. The first-order chi connectivity index (χ1) is 4.68. The summed E-state index contributed by atoms with van der Waals surface area (Å²) in [5, 5.41) is 0. The third-order valence-electron chi connectivity index (χ3n) is 1.36. The maximum atomic E-state index is 10.6. The van der Waals surface area contributed by atoms with E-state index in [-0.39, 0.29) is 5.78 Å². The molecule has 0 bridgehead atoms. The van der Waals surface area contributed by atoms with E-state index in [0.29, 0.717) is 11.5 Å². The second kappa shape index (κ2) is 5.48. The van der Waals surface area contributed by atoms with Gasteiger partial charge in [0, 0.05) is 5.88 Å². The number of hydrogen-bond acceptors (Lipinski definition) is 1. The van der Waals surface area contributed by atoms with E-state index in [4.69, 9.17) is 11.6 Å². The number of hydrogen-bond donors (Lipinski definition) is 0. The minimum absolute atomic E-state index is 0.0922. The summed E-state index contributed by atoms with van der Waals surface area (Å²) in [6.07, 6.45) is 2.73. The molecule has 58 valence electrons. The molecule has 0 N–H and O–H groups in total. The second-order valence-electron chi connectivity index (χ2n) is 2.31. The zero-order valence-corrected chi connectivity index (χ0v) is 7.08. The third-order valence-corrected chi connectivity index (χ3v) is 1.63. The van der Waals surface area contributed by atoms with Gasteiger partial charge in [0.05, 0.1) is 0 Å². The van der Waals surface area contributed by atoms with Gasteiger partial charge in [0.15, 0.2) is 5.78 Å². The van der Waals surface area contributed by atoms with Crippen LogP contribution >= 0.6 is 11.6 Å². The van der Waals surface area contributed by atoms with E-state index >= 15 is 0 Å². The summed E-state index contributed by atoms with van der Waals surface area (Å²) in [6.45, 7) is 5.18. The molecule has 0 aromatic heterocycles. The fourth-order valence-electron chi connectivity index (χ4n) is 0.609. The Labute approximate surface area is 67.1 Å². The smallest absolute Gasteiger partial charge is 0.155 e. The largest absolute Gasteiger partial charge is 0.295 e. The van der Waals surface area contributed by atoms with Gasteiger partial charge in [-0.2, -0.15) is 0 Å². The minimum Gasteiger partial charge on any atom is -0.295 e. The number of carbonyl (C=O) groups excluding carboxylic acids is 1. The maximum absolute atomic E-state index is 10.6. The average Bonchev–Trinajstić information content (AvgIpc) is 1.88. The number of unbranched alkanes of at least 4 members (excludes halogenated alkanes) is 1. The van der Waals surface area contributed by atoms with Crippen molar-refractivity contribution in [2.45, 2.75) is 26.2 Å². The van der Waals surface area contributed by atoms with Gasteiger partial charge in [-0.05, 0) is 31.8 Å². The maximum Gasteiger partial charge on any atom is 0.155 e. The third kappa shape index (κ3) is 4.57. The molecule has 0 aliphatic heterocycles. The Kier molecular flexibility index (Phi) is 5.32. The number of ketones is 1. The number of allylic oxidation sites excluding steroid dienone is 1. The van der Waals surface area contributed by atoms with Crippen LogP contribution in [0.1, 0.15) is 26.2 Å². The van der Waals surface area contributed by atoms with Gasteiger partial charge in [-0.3, -0.25) is 4.79 Å². The Hall–Kier alpha value is -0.300. The topological polar surface area (TPSA) is 17.1 Å². The van der Waals surface area contributed by atoms with Crippen molar-refractivity contribution in [2.75, 3.05) is 5.88 Å². The summed E-state index contributed by atoms with van der Waals surface area (Å²) >= 11 is 5.45. The molecule has 0 atom stereocenters. The normalized spacial score (nSPS) is 9.40. The molecule has 0 aromatic carbocycles. The summed E-state index contributed by atoms with van der Waals surface area (Å²) in [5.74, 6) is 0.764. The van der Waals surface area contributed by atoms with Crippen LogP contribution in [0.4, 0.5) is 0 Å². The van der Waals surface area contributed by atoms with E-state index < -0.39 is 0 Å². The fraction of sp³-hybridized carbons (Fsp3) is 0.625. The highest BCUT2D eigenvalue weighted by atomic mass is 35.5. The van der Waals surface area contributed by atoms with Crippen LogP contribution in [0.15, 0.2) is 12.2 Å². The molecule has 10 heavy (non-hydrogen) atoms. The molecule has 0 aliphatic rings. The number of Topliss-reactive ketones (excluding diaryl/α,β-unsaturated/α-hetero) is 1.